The molecule has 1 aliphatic rings. The molecule has 0 nitrogen and oxygen atoms in total. The fourth-order valence-corrected chi connectivity index (χ4v) is 6.10. The van der Waals surface area contributed by atoms with Gasteiger partial charge in [0.25, 0.3) is 0 Å². The van der Waals surface area contributed by atoms with Gasteiger partial charge in [0, 0.05) is 15.0 Å². The highest BCUT2D eigenvalue weighted by atomic mass is 32.1. The van der Waals surface area contributed by atoms with Crippen LogP contribution >= 0.6 is 22.7 Å². The van der Waals surface area contributed by atoms with Gasteiger partial charge < -0.3 is 0 Å². The molecule has 86 valence electrons. The molecule has 1 aromatic carbocycles. The summed E-state index contributed by atoms with van der Waals surface area (Å²) in [5.41, 5.74) is 1.67. The van der Waals surface area contributed by atoms with Crippen molar-refractivity contribution < 1.29 is 0 Å². The minimum atomic E-state index is 0.742. The number of hydrogen-bond donors (Lipinski definition) is 0. The second kappa shape index (κ2) is 3.33. The Balaban J connectivity index is 2.13. The van der Waals surface area contributed by atoms with E-state index in [-0.39, 0.29) is 0 Å². The summed E-state index contributed by atoms with van der Waals surface area (Å²) in [6, 6.07) is 8.83. The van der Waals surface area contributed by atoms with E-state index in [1.54, 1.807) is 15.1 Å². The average Bonchev–Trinajstić information content (AvgIpc) is 2.91. The quantitative estimate of drug-likeness (QED) is 0.505. The summed E-state index contributed by atoms with van der Waals surface area (Å²) in [6.07, 6.45) is 1.29. The first kappa shape index (κ1) is 10.1. The van der Waals surface area contributed by atoms with Crippen LogP contribution in [0.5, 0.6) is 0 Å². The summed E-state index contributed by atoms with van der Waals surface area (Å²) >= 11 is 4.03. The molecule has 0 fully saturated rings. The Labute approximate surface area is 109 Å². The molecular formula is C15H14S2. The first-order valence-electron chi connectivity index (χ1n) is 6.18. The summed E-state index contributed by atoms with van der Waals surface area (Å²) in [6.45, 7) is 4.78. The second-order valence-electron chi connectivity index (χ2n) is 5.17. The molecule has 2 heteroatoms. The molecule has 3 aromatic rings. The van der Waals surface area contributed by atoms with E-state index in [0.717, 1.165) is 11.8 Å². The molecule has 0 saturated carbocycles. The number of fused-ring (bicyclic) bond motifs is 5. The van der Waals surface area contributed by atoms with Gasteiger partial charge >= 0.3 is 0 Å². The van der Waals surface area contributed by atoms with Gasteiger partial charge in [0.2, 0.25) is 0 Å². The maximum Gasteiger partial charge on any atom is 0.0535 e. The highest BCUT2D eigenvalue weighted by Gasteiger charge is 2.31. The van der Waals surface area contributed by atoms with E-state index < -0.39 is 0 Å². The molecule has 2 heterocycles. The minimum Gasteiger partial charge on any atom is -0.138 e. The summed E-state index contributed by atoms with van der Waals surface area (Å²) in [7, 11) is 0. The van der Waals surface area contributed by atoms with E-state index in [1.807, 2.05) is 22.7 Å². The van der Waals surface area contributed by atoms with Crippen LogP contribution in [0.25, 0.3) is 19.5 Å². The smallest absolute Gasteiger partial charge is 0.0535 e. The van der Waals surface area contributed by atoms with E-state index in [4.69, 9.17) is 0 Å². The zero-order chi connectivity index (χ0) is 11.6. The van der Waals surface area contributed by atoms with Crippen molar-refractivity contribution in [2.75, 3.05) is 0 Å². The summed E-state index contributed by atoms with van der Waals surface area (Å²) in [4.78, 5) is 1.65. The second-order valence-corrected chi connectivity index (χ2v) is 7.32. The maximum absolute atomic E-state index is 2.40. The average molecular weight is 258 g/mol. The highest BCUT2D eigenvalue weighted by molar-refractivity contribution is 7.33. The van der Waals surface area contributed by atoms with Gasteiger partial charge in [-0.05, 0) is 29.9 Å². The molecule has 0 radical (unpaired) electrons. The van der Waals surface area contributed by atoms with E-state index >= 15 is 0 Å². The third-order valence-corrected chi connectivity index (χ3v) is 6.73. The van der Waals surface area contributed by atoms with Crippen LogP contribution in [0.1, 0.15) is 30.2 Å². The Morgan fingerprint density at radius 1 is 1.06 bits per heavy atom. The van der Waals surface area contributed by atoms with Crippen LogP contribution in [0, 0.1) is 5.92 Å². The Kier molecular flexibility index (Phi) is 1.98. The zero-order valence-electron chi connectivity index (χ0n) is 9.99. The van der Waals surface area contributed by atoms with Crippen molar-refractivity contribution in [2.24, 2.45) is 5.92 Å². The van der Waals surface area contributed by atoms with Gasteiger partial charge in [0.1, 0.15) is 0 Å². The van der Waals surface area contributed by atoms with Crippen LogP contribution in [0.3, 0.4) is 0 Å². The molecule has 17 heavy (non-hydrogen) atoms. The molecule has 0 N–H and O–H groups in total. The third kappa shape index (κ3) is 1.23. The molecule has 2 atom stereocenters. The Bertz CT molecular complexity index is 717. The molecule has 4 rings (SSSR count). The van der Waals surface area contributed by atoms with Crippen LogP contribution < -0.4 is 0 Å². The molecule has 1 aliphatic carbocycles. The summed E-state index contributed by atoms with van der Waals surface area (Å²) in [5, 5.41) is 1.46. The van der Waals surface area contributed by atoms with E-state index in [1.165, 1.54) is 21.2 Å². The van der Waals surface area contributed by atoms with Gasteiger partial charge in [-0.2, -0.15) is 0 Å². The monoisotopic (exact) mass is 258 g/mol. The predicted molar refractivity (Wildman–Crippen MR) is 78.5 cm³/mol. The highest BCUT2D eigenvalue weighted by Crippen LogP contribution is 2.51. The lowest BCUT2D eigenvalue weighted by Crippen LogP contribution is -1.97. The maximum atomic E-state index is 2.40. The normalized spacial score (nSPS) is 23.6. The van der Waals surface area contributed by atoms with Crippen LogP contribution in [0.2, 0.25) is 0 Å². The van der Waals surface area contributed by atoms with Crippen LogP contribution in [0.15, 0.2) is 24.3 Å². The zero-order valence-corrected chi connectivity index (χ0v) is 11.6. The van der Waals surface area contributed by atoms with Crippen molar-refractivity contribution in [1.82, 2.24) is 0 Å². The van der Waals surface area contributed by atoms with Gasteiger partial charge in [-0.15, -0.1) is 22.7 Å². The van der Waals surface area contributed by atoms with Gasteiger partial charge in [-0.1, -0.05) is 32.0 Å². The van der Waals surface area contributed by atoms with Crippen molar-refractivity contribution in [3.8, 4) is 0 Å². The number of thiophene rings is 2. The van der Waals surface area contributed by atoms with Crippen LogP contribution in [-0.4, -0.2) is 0 Å². The summed E-state index contributed by atoms with van der Waals surface area (Å²) < 4.78 is 4.56. The van der Waals surface area contributed by atoms with Crippen molar-refractivity contribution in [1.29, 1.82) is 0 Å². The lowest BCUT2D eigenvalue weighted by Gasteiger charge is -2.08. The van der Waals surface area contributed by atoms with Gasteiger partial charge in [0.05, 0.1) is 9.40 Å². The number of benzene rings is 1. The van der Waals surface area contributed by atoms with Crippen molar-refractivity contribution in [3.63, 3.8) is 0 Å². The standard InChI is InChI=1S/C15H14S2/c1-8-7-12-13(9(8)2)15-14(17-12)10-5-3-4-6-11(10)16-15/h3-6,8-9H,7H2,1-2H3. The van der Waals surface area contributed by atoms with Crippen LogP contribution in [-0.2, 0) is 6.42 Å². The summed E-state index contributed by atoms with van der Waals surface area (Å²) in [5.74, 6) is 1.57. The fourth-order valence-electron chi connectivity index (χ4n) is 2.97. The van der Waals surface area contributed by atoms with Crippen LogP contribution in [0.4, 0.5) is 0 Å². The van der Waals surface area contributed by atoms with Crippen molar-refractivity contribution in [2.45, 2.75) is 26.2 Å². The van der Waals surface area contributed by atoms with Gasteiger partial charge in [-0.3, -0.25) is 0 Å². The molecule has 2 aromatic heterocycles. The lowest BCUT2D eigenvalue weighted by molar-refractivity contribution is 0.534. The Morgan fingerprint density at radius 3 is 2.76 bits per heavy atom. The molecule has 0 spiro atoms. The minimum absolute atomic E-state index is 0.742. The molecular weight excluding hydrogens is 244 g/mol. The molecule has 0 saturated heterocycles. The van der Waals surface area contributed by atoms with E-state index in [0.29, 0.717) is 0 Å². The number of rotatable bonds is 0. The molecule has 2 unspecified atom stereocenters. The van der Waals surface area contributed by atoms with E-state index in [2.05, 4.69) is 38.1 Å². The largest absolute Gasteiger partial charge is 0.138 e. The van der Waals surface area contributed by atoms with Gasteiger partial charge in [0.15, 0.2) is 0 Å². The molecule has 0 amide bonds. The van der Waals surface area contributed by atoms with Crippen molar-refractivity contribution in [3.05, 3.63) is 34.7 Å². The first-order valence-corrected chi connectivity index (χ1v) is 7.82. The van der Waals surface area contributed by atoms with E-state index in [9.17, 15) is 0 Å². The third-order valence-electron chi connectivity index (χ3n) is 4.14. The molecule has 0 aliphatic heterocycles. The number of hydrogen-bond acceptors (Lipinski definition) is 2. The first-order chi connectivity index (χ1) is 8.25. The van der Waals surface area contributed by atoms with Crippen molar-refractivity contribution >= 4 is 42.2 Å². The SMILES string of the molecule is CC1Cc2sc3c(sc4ccccc43)c2C1C. The molecule has 0 bridgehead atoms. The topological polar surface area (TPSA) is 0 Å². The fraction of sp³-hybridized carbons (Fsp3) is 0.333. The lowest BCUT2D eigenvalue weighted by atomic mass is 9.97. The predicted octanol–water partition coefficient (Wildman–Crippen LogP) is 5.41. The van der Waals surface area contributed by atoms with Gasteiger partial charge in [-0.25, -0.2) is 0 Å². The Hall–Kier alpha value is -0.860. The Morgan fingerprint density at radius 2 is 1.88 bits per heavy atom.